The summed E-state index contributed by atoms with van der Waals surface area (Å²) in [6, 6.07) is 8.70. The highest BCUT2D eigenvalue weighted by molar-refractivity contribution is 7.09. The number of nitrogens with one attached hydrogen (secondary N) is 1. The highest BCUT2D eigenvalue weighted by atomic mass is 32.1. The minimum atomic E-state index is 0.933. The van der Waals surface area contributed by atoms with E-state index in [1.165, 1.54) is 16.0 Å². The Bertz CT molecular complexity index is 477. The molecule has 0 saturated heterocycles. The van der Waals surface area contributed by atoms with E-state index in [2.05, 4.69) is 48.4 Å². The van der Waals surface area contributed by atoms with Crippen LogP contribution in [0.25, 0.3) is 0 Å². The summed E-state index contributed by atoms with van der Waals surface area (Å²) in [5.41, 5.74) is 5.80. The molecule has 0 aliphatic rings. The van der Waals surface area contributed by atoms with Crippen LogP contribution in [0.3, 0.4) is 0 Å². The molecule has 0 saturated carbocycles. The normalized spacial score (nSPS) is 10.7. The van der Waals surface area contributed by atoms with Crippen LogP contribution in [0.15, 0.2) is 29.8 Å². The van der Waals surface area contributed by atoms with Crippen LogP contribution in [0.1, 0.15) is 21.7 Å². The first-order valence-corrected chi connectivity index (χ1v) is 6.79. The van der Waals surface area contributed by atoms with E-state index in [-0.39, 0.29) is 0 Å². The van der Waals surface area contributed by atoms with Crippen LogP contribution in [0.4, 0.5) is 0 Å². The Kier molecular flexibility index (Phi) is 4.29. The molecule has 0 aliphatic heterocycles. The van der Waals surface area contributed by atoms with Gasteiger partial charge in [-0.05, 0) is 32.4 Å². The van der Waals surface area contributed by atoms with E-state index in [4.69, 9.17) is 0 Å². The molecule has 0 radical (unpaired) electrons. The molecule has 0 atom stereocenters. The lowest BCUT2D eigenvalue weighted by atomic mass is 10.1. The number of hydrogen-bond acceptors (Lipinski definition) is 3. The van der Waals surface area contributed by atoms with Gasteiger partial charge in [0.25, 0.3) is 0 Å². The van der Waals surface area contributed by atoms with E-state index < -0.39 is 0 Å². The first-order chi connectivity index (χ1) is 8.25. The first kappa shape index (κ1) is 12.3. The first-order valence-electron chi connectivity index (χ1n) is 5.91. The van der Waals surface area contributed by atoms with Crippen LogP contribution < -0.4 is 5.32 Å². The topological polar surface area (TPSA) is 24.9 Å². The second-order valence-corrected chi connectivity index (χ2v) is 5.22. The van der Waals surface area contributed by atoms with Crippen molar-refractivity contribution in [2.45, 2.75) is 26.8 Å². The van der Waals surface area contributed by atoms with E-state index in [1.807, 2.05) is 5.51 Å². The van der Waals surface area contributed by atoms with Crippen LogP contribution in [0, 0.1) is 13.8 Å². The van der Waals surface area contributed by atoms with Crippen LogP contribution in [-0.4, -0.2) is 11.5 Å². The third-order valence-electron chi connectivity index (χ3n) is 2.80. The van der Waals surface area contributed by atoms with Crippen molar-refractivity contribution in [2.24, 2.45) is 0 Å². The summed E-state index contributed by atoms with van der Waals surface area (Å²) >= 11 is 1.72. The molecule has 0 bridgehead atoms. The van der Waals surface area contributed by atoms with Gasteiger partial charge in [-0.2, -0.15) is 0 Å². The number of hydrogen-bond donors (Lipinski definition) is 1. The van der Waals surface area contributed by atoms with Crippen molar-refractivity contribution in [3.05, 3.63) is 51.5 Å². The summed E-state index contributed by atoms with van der Waals surface area (Å²) in [6.07, 6.45) is 1.08. The molecular formula is C14H18N2S. The second-order valence-electron chi connectivity index (χ2n) is 4.28. The van der Waals surface area contributed by atoms with Gasteiger partial charge in [-0.15, -0.1) is 11.3 Å². The molecule has 1 aromatic carbocycles. The molecule has 2 aromatic rings. The summed E-state index contributed by atoms with van der Waals surface area (Å²) < 4.78 is 0. The molecule has 0 fully saturated rings. The van der Waals surface area contributed by atoms with Gasteiger partial charge in [0.15, 0.2) is 0 Å². The van der Waals surface area contributed by atoms with Crippen molar-refractivity contribution >= 4 is 11.3 Å². The van der Waals surface area contributed by atoms with Gasteiger partial charge in [0.05, 0.1) is 11.2 Å². The predicted octanol–water partition coefficient (Wildman–Crippen LogP) is 3.09. The molecule has 17 heavy (non-hydrogen) atoms. The van der Waals surface area contributed by atoms with Gasteiger partial charge in [-0.25, -0.2) is 4.98 Å². The third kappa shape index (κ3) is 3.65. The minimum absolute atomic E-state index is 0.933. The van der Waals surface area contributed by atoms with Crippen LogP contribution in [0.2, 0.25) is 0 Å². The van der Waals surface area contributed by atoms with Crippen molar-refractivity contribution in [3.63, 3.8) is 0 Å². The van der Waals surface area contributed by atoms with Crippen molar-refractivity contribution in [1.29, 1.82) is 0 Å². The lowest BCUT2D eigenvalue weighted by Crippen LogP contribution is -2.16. The summed E-state index contributed by atoms with van der Waals surface area (Å²) in [4.78, 5) is 5.59. The van der Waals surface area contributed by atoms with Gasteiger partial charge in [-0.1, -0.05) is 29.8 Å². The van der Waals surface area contributed by atoms with Gasteiger partial charge in [0.2, 0.25) is 0 Å². The lowest BCUT2D eigenvalue weighted by molar-refractivity contribution is 0.690. The number of benzene rings is 1. The Balaban J connectivity index is 1.75. The average Bonchev–Trinajstić information content (AvgIpc) is 2.71. The number of aromatic nitrogens is 1. The molecular weight excluding hydrogens is 228 g/mol. The number of rotatable bonds is 5. The zero-order valence-electron chi connectivity index (χ0n) is 10.4. The average molecular weight is 246 g/mol. The predicted molar refractivity (Wildman–Crippen MR) is 73.4 cm³/mol. The quantitative estimate of drug-likeness (QED) is 0.820. The third-order valence-corrected chi connectivity index (χ3v) is 3.74. The fraction of sp³-hybridized carbons (Fsp3) is 0.357. The fourth-order valence-electron chi connectivity index (χ4n) is 1.80. The Morgan fingerprint density at radius 1 is 1.29 bits per heavy atom. The molecule has 1 aromatic heterocycles. The lowest BCUT2D eigenvalue weighted by Gasteiger charge is -2.04. The number of nitrogens with zero attached hydrogens (tertiary/aromatic N) is 1. The largest absolute Gasteiger partial charge is 0.311 e. The van der Waals surface area contributed by atoms with E-state index in [9.17, 15) is 0 Å². The molecule has 2 rings (SSSR count). The molecule has 2 nitrogen and oxygen atoms in total. The minimum Gasteiger partial charge on any atom is -0.311 e. The summed E-state index contributed by atoms with van der Waals surface area (Å²) in [5, 5.41) is 3.47. The molecule has 1 heterocycles. The molecule has 0 aliphatic carbocycles. The fourth-order valence-corrected chi connectivity index (χ4v) is 2.54. The van der Waals surface area contributed by atoms with Crippen molar-refractivity contribution in [1.82, 2.24) is 10.3 Å². The molecule has 90 valence electrons. The van der Waals surface area contributed by atoms with Crippen molar-refractivity contribution < 1.29 is 0 Å². The van der Waals surface area contributed by atoms with Crippen molar-refractivity contribution in [2.75, 3.05) is 6.54 Å². The monoisotopic (exact) mass is 246 g/mol. The molecule has 1 N–H and O–H groups in total. The molecule has 0 spiro atoms. The van der Waals surface area contributed by atoms with E-state index in [0.29, 0.717) is 0 Å². The van der Waals surface area contributed by atoms with Crippen LogP contribution in [0.5, 0.6) is 0 Å². The number of aryl methyl sites for hydroxylation is 2. The zero-order chi connectivity index (χ0) is 12.1. The summed E-state index contributed by atoms with van der Waals surface area (Å²) in [6.45, 7) is 6.15. The Labute approximate surface area is 107 Å². The standard InChI is InChI=1S/C14H18N2S/c1-11-4-3-5-13(8-11)6-7-15-9-14-12(2)16-10-17-14/h3-5,8,10,15H,6-7,9H2,1-2H3. The maximum absolute atomic E-state index is 4.24. The molecule has 0 unspecified atom stereocenters. The summed E-state index contributed by atoms with van der Waals surface area (Å²) in [7, 11) is 0. The zero-order valence-corrected chi connectivity index (χ0v) is 11.2. The Hall–Kier alpha value is -1.19. The highest BCUT2D eigenvalue weighted by Gasteiger charge is 2.00. The van der Waals surface area contributed by atoms with Gasteiger partial charge in [0, 0.05) is 11.4 Å². The van der Waals surface area contributed by atoms with Crippen molar-refractivity contribution in [3.8, 4) is 0 Å². The SMILES string of the molecule is Cc1cccc(CCNCc2scnc2C)c1. The van der Waals surface area contributed by atoms with Crippen LogP contribution >= 0.6 is 11.3 Å². The van der Waals surface area contributed by atoms with Gasteiger partial charge < -0.3 is 5.32 Å². The smallest absolute Gasteiger partial charge is 0.0798 e. The van der Waals surface area contributed by atoms with E-state index in [0.717, 1.165) is 25.2 Å². The maximum Gasteiger partial charge on any atom is 0.0798 e. The van der Waals surface area contributed by atoms with E-state index >= 15 is 0 Å². The van der Waals surface area contributed by atoms with Gasteiger partial charge >= 0.3 is 0 Å². The van der Waals surface area contributed by atoms with Gasteiger partial charge in [-0.3, -0.25) is 0 Å². The van der Waals surface area contributed by atoms with E-state index in [1.54, 1.807) is 11.3 Å². The van der Waals surface area contributed by atoms with Crippen LogP contribution in [-0.2, 0) is 13.0 Å². The highest BCUT2D eigenvalue weighted by Crippen LogP contribution is 2.11. The maximum atomic E-state index is 4.24. The number of thiazole rings is 1. The molecule has 0 amide bonds. The van der Waals surface area contributed by atoms with Gasteiger partial charge in [0.1, 0.15) is 0 Å². The Morgan fingerprint density at radius 2 is 2.18 bits per heavy atom. The molecule has 3 heteroatoms. The second kappa shape index (κ2) is 5.94. The Morgan fingerprint density at radius 3 is 2.88 bits per heavy atom. The summed E-state index contributed by atoms with van der Waals surface area (Å²) in [5.74, 6) is 0.